The van der Waals surface area contributed by atoms with Gasteiger partial charge < -0.3 is 10.2 Å². The maximum Gasteiger partial charge on any atom is 0.0692 e. The van der Waals surface area contributed by atoms with Gasteiger partial charge in [-0.05, 0) is 32.1 Å². The molecular formula is C13H24O2. The zero-order valence-corrected chi connectivity index (χ0v) is 10.3. The van der Waals surface area contributed by atoms with E-state index in [4.69, 9.17) is 0 Å². The Balaban J connectivity index is 2.86. The lowest BCUT2D eigenvalue weighted by atomic mass is 9.62. The zero-order valence-electron chi connectivity index (χ0n) is 10.3. The Morgan fingerprint density at radius 3 is 2.33 bits per heavy atom. The highest BCUT2D eigenvalue weighted by Gasteiger charge is 2.43. The van der Waals surface area contributed by atoms with Crippen molar-refractivity contribution in [1.82, 2.24) is 0 Å². The summed E-state index contributed by atoms with van der Waals surface area (Å²) in [5, 5.41) is 19.6. The van der Waals surface area contributed by atoms with E-state index in [2.05, 4.69) is 13.8 Å². The molecular weight excluding hydrogens is 188 g/mol. The minimum absolute atomic E-state index is 0.118. The molecule has 0 heterocycles. The van der Waals surface area contributed by atoms with Crippen LogP contribution in [0.2, 0.25) is 0 Å². The third-order valence-corrected chi connectivity index (χ3v) is 3.60. The predicted molar refractivity (Wildman–Crippen MR) is 62.6 cm³/mol. The van der Waals surface area contributed by atoms with Crippen LogP contribution < -0.4 is 0 Å². The fraction of sp³-hybridized carbons (Fsp3) is 0.846. The van der Waals surface area contributed by atoms with Gasteiger partial charge in [0, 0.05) is 5.92 Å². The van der Waals surface area contributed by atoms with Crippen molar-refractivity contribution in [2.45, 2.75) is 58.7 Å². The van der Waals surface area contributed by atoms with Crippen molar-refractivity contribution in [3.05, 3.63) is 12.2 Å². The lowest BCUT2D eigenvalue weighted by molar-refractivity contribution is -0.0664. The Bertz CT molecular complexity index is 223. The Morgan fingerprint density at radius 2 is 1.87 bits per heavy atom. The summed E-state index contributed by atoms with van der Waals surface area (Å²) in [6, 6.07) is 0. The van der Waals surface area contributed by atoms with Gasteiger partial charge in [-0.1, -0.05) is 32.4 Å². The fourth-order valence-corrected chi connectivity index (χ4v) is 2.79. The second-order valence-corrected chi connectivity index (χ2v) is 5.80. The van der Waals surface area contributed by atoms with Crippen LogP contribution in [0, 0.1) is 11.3 Å². The van der Waals surface area contributed by atoms with E-state index in [0.29, 0.717) is 0 Å². The summed E-state index contributed by atoms with van der Waals surface area (Å²) in [5.41, 5.74) is -0.514. The molecule has 0 aromatic heterocycles. The minimum Gasteiger partial charge on any atom is -0.390 e. The lowest BCUT2D eigenvalue weighted by Gasteiger charge is -2.46. The fourth-order valence-electron chi connectivity index (χ4n) is 2.79. The number of aliphatic hydroxyl groups is 2. The zero-order chi connectivity index (χ0) is 11.7. The Morgan fingerprint density at radius 1 is 1.27 bits per heavy atom. The van der Waals surface area contributed by atoms with E-state index in [1.807, 2.05) is 13.0 Å². The number of hydrogen-bond acceptors (Lipinski definition) is 2. The molecule has 0 amide bonds. The summed E-state index contributed by atoms with van der Waals surface area (Å²) < 4.78 is 0. The molecule has 1 saturated carbocycles. The van der Waals surface area contributed by atoms with Gasteiger partial charge in [-0.25, -0.2) is 0 Å². The van der Waals surface area contributed by atoms with E-state index in [-0.39, 0.29) is 11.3 Å². The average Bonchev–Trinajstić information content (AvgIpc) is 1.99. The molecule has 0 bridgehead atoms. The van der Waals surface area contributed by atoms with Crippen LogP contribution in [-0.4, -0.2) is 21.9 Å². The van der Waals surface area contributed by atoms with Crippen LogP contribution in [0.4, 0.5) is 0 Å². The number of hydrogen-bond donors (Lipinski definition) is 2. The highest BCUT2D eigenvalue weighted by Crippen LogP contribution is 2.46. The number of rotatable bonds is 2. The lowest BCUT2D eigenvalue weighted by Crippen LogP contribution is -2.46. The van der Waals surface area contributed by atoms with Gasteiger partial charge in [0.2, 0.25) is 0 Å². The van der Waals surface area contributed by atoms with Crippen molar-refractivity contribution in [2.24, 2.45) is 11.3 Å². The monoisotopic (exact) mass is 212 g/mol. The molecule has 2 heteroatoms. The molecule has 15 heavy (non-hydrogen) atoms. The minimum atomic E-state index is -0.632. The Labute approximate surface area is 93.0 Å². The highest BCUT2D eigenvalue weighted by molar-refractivity contribution is 5.07. The van der Waals surface area contributed by atoms with Gasteiger partial charge in [0.1, 0.15) is 0 Å². The Hall–Kier alpha value is -0.340. The predicted octanol–water partition coefficient (Wildman–Crippen LogP) is 2.50. The van der Waals surface area contributed by atoms with E-state index in [9.17, 15) is 10.2 Å². The smallest absolute Gasteiger partial charge is 0.0692 e. The van der Waals surface area contributed by atoms with Crippen LogP contribution in [-0.2, 0) is 0 Å². The normalized spacial score (nSPS) is 38.1. The second-order valence-electron chi connectivity index (χ2n) is 5.80. The highest BCUT2D eigenvalue weighted by atomic mass is 16.3. The standard InChI is InChI=1S/C13H24O2/c1-10(14)6-7-11-12(2,3)8-5-9-13(11,4)15/h6-7,10-11,14-15H,5,8-9H2,1-4H3. The summed E-state index contributed by atoms with van der Waals surface area (Å²) in [5.74, 6) is 0.133. The summed E-state index contributed by atoms with van der Waals surface area (Å²) in [7, 11) is 0. The first-order valence-corrected chi connectivity index (χ1v) is 5.84. The summed E-state index contributed by atoms with van der Waals surface area (Å²) in [4.78, 5) is 0. The molecule has 0 saturated heterocycles. The largest absolute Gasteiger partial charge is 0.390 e. The first-order valence-electron chi connectivity index (χ1n) is 5.84. The van der Waals surface area contributed by atoms with Crippen LogP contribution in [0.25, 0.3) is 0 Å². The van der Waals surface area contributed by atoms with Crippen molar-refractivity contribution in [1.29, 1.82) is 0 Å². The van der Waals surface area contributed by atoms with Crippen molar-refractivity contribution >= 4 is 0 Å². The SMILES string of the molecule is CC(O)C=CC1C(C)(C)CCCC1(C)O. The molecule has 2 nitrogen and oxygen atoms in total. The third kappa shape index (κ3) is 3.05. The van der Waals surface area contributed by atoms with Crippen molar-refractivity contribution in [3.63, 3.8) is 0 Å². The van der Waals surface area contributed by atoms with Gasteiger partial charge in [0.15, 0.2) is 0 Å². The third-order valence-electron chi connectivity index (χ3n) is 3.60. The van der Waals surface area contributed by atoms with E-state index < -0.39 is 11.7 Å². The maximum atomic E-state index is 10.3. The molecule has 1 aliphatic carbocycles. The van der Waals surface area contributed by atoms with Gasteiger partial charge in [-0.15, -0.1) is 0 Å². The molecule has 1 fully saturated rings. The quantitative estimate of drug-likeness (QED) is 0.690. The van der Waals surface area contributed by atoms with E-state index >= 15 is 0 Å². The van der Waals surface area contributed by atoms with Gasteiger partial charge >= 0.3 is 0 Å². The summed E-state index contributed by atoms with van der Waals surface area (Å²) in [6.45, 7) is 8.03. The molecule has 1 rings (SSSR count). The van der Waals surface area contributed by atoms with Crippen LogP contribution in [0.15, 0.2) is 12.2 Å². The molecule has 3 unspecified atom stereocenters. The van der Waals surface area contributed by atoms with E-state index in [1.54, 1.807) is 13.0 Å². The van der Waals surface area contributed by atoms with Crippen LogP contribution in [0.3, 0.4) is 0 Å². The van der Waals surface area contributed by atoms with Gasteiger partial charge in [-0.2, -0.15) is 0 Å². The average molecular weight is 212 g/mol. The molecule has 0 spiro atoms. The number of aliphatic hydroxyl groups excluding tert-OH is 1. The second kappa shape index (κ2) is 4.26. The van der Waals surface area contributed by atoms with Crippen molar-refractivity contribution in [3.8, 4) is 0 Å². The van der Waals surface area contributed by atoms with Gasteiger partial charge in [0.25, 0.3) is 0 Å². The molecule has 0 radical (unpaired) electrons. The van der Waals surface area contributed by atoms with Crippen molar-refractivity contribution < 1.29 is 10.2 Å². The maximum absolute atomic E-state index is 10.3. The van der Waals surface area contributed by atoms with Gasteiger partial charge in [0.05, 0.1) is 11.7 Å². The first-order chi connectivity index (χ1) is 6.76. The molecule has 1 aliphatic rings. The molecule has 2 N–H and O–H groups in total. The van der Waals surface area contributed by atoms with E-state index in [1.165, 1.54) is 0 Å². The van der Waals surface area contributed by atoms with Gasteiger partial charge in [-0.3, -0.25) is 0 Å². The molecule has 0 aliphatic heterocycles. The molecule has 88 valence electrons. The van der Waals surface area contributed by atoms with Crippen LogP contribution >= 0.6 is 0 Å². The van der Waals surface area contributed by atoms with Crippen LogP contribution in [0.5, 0.6) is 0 Å². The Kier molecular flexibility index (Phi) is 3.62. The summed E-state index contributed by atoms with van der Waals surface area (Å²) >= 11 is 0. The topological polar surface area (TPSA) is 40.5 Å². The van der Waals surface area contributed by atoms with E-state index in [0.717, 1.165) is 19.3 Å². The molecule has 0 aromatic carbocycles. The van der Waals surface area contributed by atoms with Crippen molar-refractivity contribution in [2.75, 3.05) is 0 Å². The molecule has 0 aromatic rings. The van der Waals surface area contributed by atoms with Crippen LogP contribution in [0.1, 0.15) is 47.0 Å². The summed E-state index contributed by atoms with van der Waals surface area (Å²) in [6.07, 6.45) is 6.41. The molecule has 3 atom stereocenters. The first kappa shape index (κ1) is 12.7.